The van der Waals surface area contributed by atoms with Gasteiger partial charge in [-0.2, -0.15) is 0 Å². The molecule has 2 N–H and O–H groups in total. The molecule has 8 heteroatoms. The normalized spacial score (nSPS) is 12.8. The molecule has 3 aromatic carbocycles. The van der Waals surface area contributed by atoms with E-state index in [1.54, 1.807) is 47.4 Å². The van der Waals surface area contributed by atoms with Crippen LogP contribution < -0.4 is 25.0 Å². The maximum atomic E-state index is 12.9. The minimum absolute atomic E-state index is 0.0320. The fraction of sp³-hybridized carbons (Fsp3) is 0.267. The summed E-state index contributed by atoms with van der Waals surface area (Å²) < 4.78 is 11.4. The van der Waals surface area contributed by atoms with Gasteiger partial charge in [0.15, 0.2) is 6.61 Å². The van der Waals surface area contributed by atoms with Crippen molar-refractivity contribution in [1.82, 2.24) is 5.32 Å². The maximum Gasteiger partial charge on any atom is 0.319 e. The SMILES string of the molecule is C=C(C)c1cccc(C(C)(C)NC(=O)Nc2ccc3c(c2)N(CCCOc2ccc(Cl)cc2)C(=O)CO3)c1. The van der Waals surface area contributed by atoms with E-state index < -0.39 is 5.54 Å². The number of anilines is 2. The van der Waals surface area contributed by atoms with E-state index >= 15 is 0 Å². The van der Waals surface area contributed by atoms with Gasteiger partial charge in [-0.1, -0.05) is 42.0 Å². The lowest BCUT2D eigenvalue weighted by atomic mass is 9.92. The first-order chi connectivity index (χ1) is 18.1. The molecule has 0 atom stereocenters. The molecule has 1 aliphatic heterocycles. The summed E-state index contributed by atoms with van der Waals surface area (Å²) in [5.41, 5.74) is 3.48. The van der Waals surface area contributed by atoms with Gasteiger partial charge in [0, 0.05) is 17.3 Å². The molecule has 1 aliphatic rings. The van der Waals surface area contributed by atoms with Crippen molar-refractivity contribution >= 4 is 40.5 Å². The van der Waals surface area contributed by atoms with Crippen molar-refractivity contribution in [3.05, 3.63) is 89.5 Å². The molecule has 38 heavy (non-hydrogen) atoms. The maximum absolute atomic E-state index is 12.9. The molecule has 7 nitrogen and oxygen atoms in total. The summed E-state index contributed by atoms with van der Waals surface area (Å²) in [5.74, 6) is 1.16. The van der Waals surface area contributed by atoms with Gasteiger partial charge in [-0.05, 0) is 86.8 Å². The van der Waals surface area contributed by atoms with Gasteiger partial charge in [-0.3, -0.25) is 4.79 Å². The number of carbonyl (C=O) groups is 2. The molecular weight excluding hydrogens is 502 g/mol. The van der Waals surface area contributed by atoms with Crippen LogP contribution in [0.2, 0.25) is 5.02 Å². The molecule has 0 aromatic heterocycles. The predicted molar refractivity (Wildman–Crippen MR) is 152 cm³/mol. The summed E-state index contributed by atoms with van der Waals surface area (Å²) in [4.78, 5) is 27.2. The molecule has 0 aliphatic carbocycles. The van der Waals surface area contributed by atoms with Gasteiger partial charge in [0.1, 0.15) is 11.5 Å². The van der Waals surface area contributed by atoms with Gasteiger partial charge in [0.05, 0.1) is 17.8 Å². The first-order valence-electron chi connectivity index (χ1n) is 12.4. The molecule has 0 bridgehead atoms. The number of allylic oxidation sites excluding steroid dienone is 1. The smallest absolute Gasteiger partial charge is 0.319 e. The minimum Gasteiger partial charge on any atom is -0.494 e. The van der Waals surface area contributed by atoms with Gasteiger partial charge in [-0.15, -0.1) is 0 Å². The van der Waals surface area contributed by atoms with Crippen molar-refractivity contribution < 1.29 is 19.1 Å². The van der Waals surface area contributed by atoms with Crippen molar-refractivity contribution in [1.29, 1.82) is 0 Å². The Labute approximate surface area is 228 Å². The average molecular weight is 534 g/mol. The lowest BCUT2D eigenvalue weighted by molar-refractivity contribution is -0.121. The third-order valence-electron chi connectivity index (χ3n) is 6.27. The van der Waals surface area contributed by atoms with Crippen molar-refractivity contribution in [2.75, 3.05) is 30.0 Å². The number of ether oxygens (including phenoxy) is 2. The van der Waals surface area contributed by atoms with Gasteiger partial charge >= 0.3 is 6.03 Å². The number of halogens is 1. The van der Waals surface area contributed by atoms with E-state index in [2.05, 4.69) is 17.2 Å². The first kappa shape index (κ1) is 27.1. The highest BCUT2D eigenvalue weighted by Gasteiger charge is 2.27. The molecule has 1 heterocycles. The van der Waals surface area contributed by atoms with Crippen molar-refractivity contribution in [2.24, 2.45) is 0 Å². The molecule has 4 rings (SSSR count). The fourth-order valence-electron chi connectivity index (χ4n) is 4.16. The Balaban J connectivity index is 1.40. The summed E-state index contributed by atoms with van der Waals surface area (Å²) in [6.07, 6.45) is 0.614. The quantitative estimate of drug-likeness (QED) is 0.303. The Bertz CT molecular complexity index is 1340. The summed E-state index contributed by atoms with van der Waals surface area (Å²) >= 11 is 5.91. The van der Waals surface area contributed by atoms with Gasteiger partial charge in [0.2, 0.25) is 0 Å². The topological polar surface area (TPSA) is 79.9 Å². The van der Waals surface area contributed by atoms with Crippen LogP contribution in [0.4, 0.5) is 16.2 Å². The number of urea groups is 1. The molecule has 3 amide bonds. The second kappa shape index (κ2) is 11.6. The molecular formula is C30H32ClN3O4. The number of fused-ring (bicyclic) bond motifs is 1. The van der Waals surface area contributed by atoms with Crippen molar-refractivity contribution in [3.63, 3.8) is 0 Å². The number of carbonyl (C=O) groups excluding carboxylic acids is 2. The third kappa shape index (κ3) is 6.66. The molecule has 3 aromatic rings. The Kier molecular flexibility index (Phi) is 8.27. The van der Waals surface area contributed by atoms with Crippen LogP contribution >= 0.6 is 11.6 Å². The van der Waals surface area contributed by atoms with Crippen LogP contribution in [-0.2, 0) is 10.3 Å². The van der Waals surface area contributed by atoms with Crippen LogP contribution in [-0.4, -0.2) is 31.7 Å². The van der Waals surface area contributed by atoms with E-state index in [0.717, 1.165) is 22.4 Å². The highest BCUT2D eigenvalue weighted by Crippen LogP contribution is 2.35. The average Bonchev–Trinajstić information content (AvgIpc) is 2.88. The van der Waals surface area contributed by atoms with E-state index in [0.29, 0.717) is 41.7 Å². The van der Waals surface area contributed by atoms with Gasteiger partial charge < -0.3 is 25.0 Å². The predicted octanol–water partition coefficient (Wildman–Crippen LogP) is 6.62. The molecule has 0 saturated carbocycles. The zero-order valence-corrected chi connectivity index (χ0v) is 22.6. The van der Waals surface area contributed by atoms with Crippen LogP contribution in [0.25, 0.3) is 5.57 Å². The molecule has 0 saturated heterocycles. The lowest BCUT2D eigenvalue weighted by Gasteiger charge is -2.30. The van der Waals surface area contributed by atoms with E-state index in [9.17, 15) is 9.59 Å². The largest absolute Gasteiger partial charge is 0.494 e. The van der Waals surface area contributed by atoms with Crippen LogP contribution in [0, 0.1) is 0 Å². The second-order valence-electron chi connectivity index (χ2n) is 9.74. The monoisotopic (exact) mass is 533 g/mol. The number of nitrogens with one attached hydrogen (secondary N) is 2. The van der Waals surface area contributed by atoms with Crippen LogP contribution in [0.15, 0.2) is 73.3 Å². The Hall–Kier alpha value is -3.97. The number of benzene rings is 3. The van der Waals surface area contributed by atoms with E-state index in [4.69, 9.17) is 21.1 Å². The molecule has 198 valence electrons. The summed E-state index contributed by atoms with van der Waals surface area (Å²) in [6.45, 7) is 10.7. The number of hydrogen-bond acceptors (Lipinski definition) is 4. The molecule has 0 spiro atoms. The third-order valence-corrected chi connectivity index (χ3v) is 6.52. The first-order valence-corrected chi connectivity index (χ1v) is 12.8. The van der Waals surface area contributed by atoms with E-state index in [-0.39, 0.29) is 18.5 Å². The molecule has 0 unspecified atom stereocenters. The Morgan fingerprint density at radius 1 is 1.13 bits per heavy atom. The van der Waals surface area contributed by atoms with Crippen LogP contribution in [0.1, 0.15) is 38.3 Å². The fourth-order valence-corrected chi connectivity index (χ4v) is 4.29. The van der Waals surface area contributed by atoms with Crippen molar-refractivity contribution in [3.8, 4) is 11.5 Å². The Morgan fingerprint density at radius 2 is 1.89 bits per heavy atom. The number of rotatable bonds is 9. The van der Waals surface area contributed by atoms with E-state index in [1.165, 1.54) is 0 Å². The molecule has 0 radical (unpaired) electrons. The Morgan fingerprint density at radius 3 is 2.63 bits per heavy atom. The summed E-state index contributed by atoms with van der Waals surface area (Å²) in [6, 6.07) is 20.0. The van der Waals surface area contributed by atoms with Crippen LogP contribution in [0.3, 0.4) is 0 Å². The number of amides is 3. The number of nitrogens with zero attached hydrogens (tertiary/aromatic N) is 1. The molecule has 0 fully saturated rings. The highest BCUT2D eigenvalue weighted by molar-refractivity contribution is 6.30. The second-order valence-corrected chi connectivity index (χ2v) is 10.2. The van der Waals surface area contributed by atoms with E-state index in [1.807, 2.05) is 45.0 Å². The number of hydrogen-bond donors (Lipinski definition) is 2. The lowest BCUT2D eigenvalue weighted by Crippen LogP contribution is -2.43. The standard InChI is InChI=1S/C30H32ClN3O4/c1-20(2)21-7-5-8-22(17-21)30(3,4)33-29(36)32-24-11-14-27-26(18-24)34(28(35)19-38-27)15-6-16-37-25-12-9-23(31)10-13-25/h5,7-14,17-18H,1,6,15-16,19H2,2-4H3,(H2,32,33,36). The minimum atomic E-state index is -0.626. The zero-order chi connectivity index (χ0) is 27.3. The van der Waals surface area contributed by atoms with Gasteiger partial charge in [-0.25, -0.2) is 4.79 Å². The van der Waals surface area contributed by atoms with Crippen molar-refractivity contribution in [2.45, 2.75) is 32.7 Å². The summed E-state index contributed by atoms with van der Waals surface area (Å²) in [5, 5.41) is 6.56. The van der Waals surface area contributed by atoms with Crippen LogP contribution in [0.5, 0.6) is 11.5 Å². The summed E-state index contributed by atoms with van der Waals surface area (Å²) in [7, 11) is 0. The highest BCUT2D eigenvalue weighted by atomic mass is 35.5. The van der Waals surface area contributed by atoms with Gasteiger partial charge in [0.25, 0.3) is 5.91 Å². The zero-order valence-electron chi connectivity index (χ0n) is 21.8.